The van der Waals surface area contributed by atoms with E-state index in [9.17, 15) is 17.6 Å². The van der Waals surface area contributed by atoms with Crippen LogP contribution in [0, 0.1) is 5.95 Å². The number of ether oxygens (including phenoxy) is 1. The number of aromatic nitrogens is 2. The van der Waals surface area contributed by atoms with Gasteiger partial charge in [-0.3, -0.25) is 0 Å². The number of hydrogen-bond donors (Lipinski definition) is 0. The summed E-state index contributed by atoms with van der Waals surface area (Å²) in [6.07, 6.45) is -4.89. The van der Waals surface area contributed by atoms with Crippen LogP contribution >= 0.6 is 11.6 Å². The van der Waals surface area contributed by atoms with Gasteiger partial charge in [-0.2, -0.15) is 17.6 Å². The maximum absolute atomic E-state index is 13.8. The molecule has 0 radical (unpaired) electrons. The monoisotopic (exact) mass is 294 g/mol. The summed E-state index contributed by atoms with van der Waals surface area (Å²) >= 11 is 5.65. The predicted octanol–water partition coefficient (Wildman–Crippen LogP) is 3.69. The second-order valence-corrected chi connectivity index (χ2v) is 4.00. The molecule has 1 heterocycles. The Hall–Kier alpha value is -1.76. The van der Waals surface area contributed by atoms with E-state index in [2.05, 4.69) is 9.84 Å². The molecule has 1 aromatic heterocycles. The van der Waals surface area contributed by atoms with Crippen LogP contribution < -0.4 is 4.74 Å². The Morgan fingerprint density at radius 2 is 1.79 bits per heavy atom. The van der Waals surface area contributed by atoms with Crippen molar-refractivity contribution < 1.29 is 22.3 Å². The highest BCUT2D eigenvalue weighted by molar-refractivity contribution is 6.30. The highest BCUT2D eigenvalue weighted by atomic mass is 35.5. The second-order valence-electron chi connectivity index (χ2n) is 3.56. The first-order chi connectivity index (χ1) is 8.84. The van der Waals surface area contributed by atoms with Crippen molar-refractivity contribution in [1.82, 2.24) is 9.78 Å². The van der Waals surface area contributed by atoms with E-state index >= 15 is 0 Å². The van der Waals surface area contributed by atoms with Crippen molar-refractivity contribution in [1.29, 1.82) is 0 Å². The van der Waals surface area contributed by atoms with Crippen molar-refractivity contribution in [3.63, 3.8) is 0 Å². The Balaban J connectivity index is 2.60. The van der Waals surface area contributed by atoms with E-state index in [1.165, 1.54) is 24.3 Å². The highest BCUT2D eigenvalue weighted by Gasteiger charge is 2.42. The maximum atomic E-state index is 13.8. The minimum Gasteiger partial charge on any atom is -0.479 e. The fraction of sp³-hybridized carbons (Fsp3) is 0.182. The topological polar surface area (TPSA) is 27.1 Å². The van der Waals surface area contributed by atoms with E-state index in [0.717, 1.165) is 7.11 Å². The molecular formula is C11H7ClF4N2O. The normalized spacial score (nSPS) is 11.7. The molecule has 0 saturated carbocycles. The molecule has 2 aromatic rings. The molecule has 0 aliphatic carbocycles. The van der Waals surface area contributed by atoms with Gasteiger partial charge in [0.15, 0.2) is 5.56 Å². The highest BCUT2D eigenvalue weighted by Crippen LogP contribution is 2.38. The quantitative estimate of drug-likeness (QED) is 0.790. The van der Waals surface area contributed by atoms with Gasteiger partial charge in [-0.15, -0.1) is 5.10 Å². The molecule has 0 N–H and O–H groups in total. The van der Waals surface area contributed by atoms with Crippen LogP contribution in [-0.2, 0) is 6.18 Å². The van der Waals surface area contributed by atoms with Crippen LogP contribution in [0.5, 0.6) is 5.88 Å². The Morgan fingerprint density at radius 3 is 2.21 bits per heavy atom. The molecule has 0 saturated heterocycles. The molecule has 19 heavy (non-hydrogen) atoms. The van der Waals surface area contributed by atoms with Crippen LogP contribution in [0.15, 0.2) is 24.3 Å². The van der Waals surface area contributed by atoms with E-state index in [0.29, 0.717) is 9.70 Å². The third kappa shape index (κ3) is 2.51. The number of nitrogens with zero attached hydrogens (tertiary/aromatic N) is 2. The molecular weight excluding hydrogens is 288 g/mol. The van der Waals surface area contributed by atoms with Gasteiger partial charge < -0.3 is 4.74 Å². The Labute approximate surface area is 110 Å². The molecule has 0 aliphatic rings. The van der Waals surface area contributed by atoms with E-state index in [-0.39, 0.29) is 5.69 Å². The van der Waals surface area contributed by atoms with Gasteiger partial charge in [-0.25, -0.2) is 4.68 Å². The van der Waals surface area contributed by atoms with Crippen LogP contribution in [0.1, 0.15) is 5.56 Å². The molecule has 8 heteroatoms. The molecule has 0 unspecified atom stereocenters. The average Bonchev–Trinajstić information content (AvgIpc) is 2.67. The van der Waals surface area contributed by atoms with Crippen LogP contribution in [0.4, 0.5) is 17.6 Å². The summed E-state index contributed by atoms with van der Waals surface area (Å²) in [5.74, 6) is -2.35. The third-order valence-corrected chi connectivity index (χ3v) is 2.60. The number of benzene rings is 1. The largest absolute Gasteiger partial charge is 0.479 e. The summed E-state index contributed by atoms with van der Waals surface area (Å²) in [5.41, 5.74) is -1.43. The SMILES string of the molecule is COc1nn(-c2ccc(Cl)cc2)c(F)c1C(F)(F)F. The van der Waals surface area contributed by atoms with Crippen molar-refractivity contribution in [2.45, 2.75) is 6.18 Å². The van der Waals surface area contributed by atoms with Crippen molar-refractivity contribution in [3.8, 4) is 11.6 Å². The second kappa shape index (κ2) is 4.73. The summed E-state index contributed by atoms with van der Waals surface area (Å²) < 4.78 is 56.9. The summed E-state index contributed by atoms with van der Waals surface area (Å²) in [6.45, 7) is 0. The van der Waals surface area contributed by atoms with Crippen LogP contribution in [-0.4, -0.2) is 16.9 Å². The zero-order chi connectivity index (χ0) is 14.2. The Morgan fingerprint density at radius 1 is 1.21 bits per heavy atom. The fourth-order valence-electron chi connectivity index (χ4n) is 1.51. The molecule has 0 fully saturated rings. The van der Waals surface area contributed by atoms with Crippen molar-refractivity contribution in [2.24, 2.45) is 0 Å². The van der Waals surface area contributed by atoms with E-state index in [4.69, 9.17) is 11.6 Å². The number of alkyl halides is 3. The van der Waals surface area contributed by atoms with Crippen molar-refractivity contribution in [3.05, 3.63) is 40.8 Å². The fourth-order valence-corrected chi connectivity index (χ4v) is 1.64. The minimum absolute atomic E-state index is 0.107. The van der Waals surface area contributed by atoms with Gasteiger partial charge in [0.1, 0.15) is 0 Å². The molecule has 0 spiro atoms. The average molecular weight is 295 g/mol. The summed E-state index contributed by atoms with van der Waals surface area (Å²) in [6, 6.07) is 5.52. The van der Waals surface area contributed by atoms with Gasteiger partial charge in [0.2, 0.25) is 11.8 Å². The number of rotatable bonds is 2. The van der Waals surface area contributed by atoms with Crippen LogP contribution in [0.2, 0.25) is 5.02 Å². The number of methoxy groups -OCH3 is 1. The molecule has 3 nitrogen and oxygen atoms in total. The number of halogens is 5. The molecule has 102 valence electrons. The van der Waals surface area contributed by atoms with Gasteiger partial charge >= 0.3 is 6.18 Å². The summed E-state index contributed by atoms with van der Waals surface area (Å²) in [5, 5.41) is 3.83. The van der Waals surface area contributed by atoms with Gasteiger partial charge in [0, 0.05) is 5.02 Å². The zero-order valence-electron chi connectivity index (χ0n) is 9.50. The third-order valence-electron chi connectivity index (χ3n) is 2.34. The van der Waals surface area contributed by atoms with Gasteiger partial charge in [-0.05, 0) is 24.3 Å². The lowest BCUT2D eigenvalue weighted by atomic mass is 10.3. The first kappa shape index (κ1) is 13.7. The van der Waals surface area contributed by atoms with Crippen LogP contribution in [0.25, 0.3) is 5.69 Å². The lowest BCUT2D eigenvalue weighted by Gasteiger charge is -2.05. The Bertz CT molecular complexity index is 592. The van der Waals surface area contributed by atoms with Crippen molar-refractivity contribution >= 4 is 11.6 Å². The van der Waals surface area contributed by atoms with Gasteiger partial charge in [0.25, 0.3) is 0 Å². The lowest BCUT2D eigenvalue weighted by molar-refractivity contribution is -0.141. The smallest absolute Gasteiger partial charge is 0.426 e. The maximum Gasteiger partial charge on any atom is 0.426 e. The Kier molecular flexibility index (Phi) is 3.40. The molecule has 0 atom stereocenters. The predicted molar refractivity (Wildman–Crippen MR) is 60.1 cm³/mol. The summed E-state index contributed by atoms with van der Waals surface area (Å²) in [4.78, 5) is 0. The standard InChI is InChI=1S/C11H7ClF4N2O/c1-19-10-8(11(14,15)16)9(13)18(17-10)7-4-2-6(12)3-5-7/h2-5H,1H3. The van der Waals surface area contributed by atoms with Gasteiger partial charge in [-0.1, -0.05) is 11.6 Å². The molecule has 0 bridgehead atoms. The molecule has 0 aliphatic heterocycles. The number of hydrogen-bond acceptors (Lipinski definition) is 2. The van der Waals surface area contributed by atoms with Gasteiger partial charge in [0.05, 0.1) is 12.8 Å². The lowest BCUT2D eigenvalue weighted by Crippen LogP contribution is -2.09. The van der Waals surface area contributed by atoms with E-state index in [1.807, 2.05) is 0 Å². The first-order valence-electron chi connectivity index (χ1n) is 5.00. The van der Waals surface area contributed by atoms with Crippen LogP contribution in [0.3, 0.4) is 0 Å². The molecule has 0 amide bonds. The first-order valence-corrected chi connectivity index (χ1v) is 5.38. The zero-order valence-corrected chi connectivity index (χ0v) is 10.3. The van der Waals surface area contributed by atoms with E-state index in [1.54, 1.807) is 0 Å². The summed E-state index contributed by atoms with van der Waals surface area (Å²) in [7, 11) is 0.989. The van der Waals surface area contributed by atoms with E-state index < -0.39 is 23.6 Å². The molecule has 1 aromatic carbocycles. The van der Waals surface area contributed by atoms with Crippen molar-refractivity contribution in [2.75, 3.05) is 7.11 Å². The molecule has 2 rings (SSSR count). The minimum atomic E-state index is -4.89.